The van der Waals surface area contributed by atoms with E-state index in [1.165, 1.54) is 0 Å². The maximum absolute atomic E-state index is 5.57. The van der Waals surface area contributed by atoms with Gasteiger partial charge >= 0.3 is 0 Å². The number of hydrogen-bond acceptors (Lipinski definition) is 4. The summed E-state index contributed by atoms with van der Waals surface area (Å²) in [6.07, 6.45) is 0. The number of ether oxygens (including phenoxy) is 2. The highest BCUT2D eigenvalue weighted by Crippen LogP contribution is 2.34. The second-order valence-electron chi connectivity index (χ2n) is 4.02. The van der Waals surface area contributed by atoms with Crippen LogP contribution in [0.25, 0.3) is 11.3 Å². The first kappa shape index (κ1) is 11.5. The normalized spacial score (nSPS) is 13.4. The van der Waals surface area contributed by atoms with Crippen molar-refractivity contribution in [1.29, 1.82) is 0 Å². The topological polar surface area (TPSA) is 44.2 Å². The van der Waals surface area contributed by atoms with E-state index in [-0.39, 0.29) is 0 Å². The lowest BCUT2D eigenvalue weighted by Gasteiger charge is -2.18. The summed E-state index contributed by atoms with van der Waals surface area (Å²) in [5.41, 5.74) is 2.78. The molecule has 2 heterocycles. The summed E-state index contributed by atoms with van der Waals surface area (Å²) in [6, 6.07) is 7.77. The first-order valence-corrected chi connectivity index (χ1v) is 6.43. The molecule has 1 aliphatic rings. The zero-order valence-corrected chi connectivity index (χ0v) is 11.4. The number of halogens is 1. The average molecular weight is 307 g/mol. The van der Waals surface area contributed by atoms with Gasteiger partial charge in [0.2, 0.25) is 0 Å². The highest BCUT2D eigenvalue weighted by molar-refractivity contribution is 9.10. The van der Waals surface area contributed by atoms with Crippen molar-refractivity contribution in [3.8, 4) is 22.8 Å². The van der Waals surface area contributed by atoms with Crippen molar-refractivity contribution in [2.45, 2.75) is 6.92 Å². The summed E-state index contributed by atoms with van der Waals surface area (Å²) in [7, 11) is 0. The molecule has 4 nitrogen and oxygen atoms in total. The molecule has 0 amide bonds. The zero-order chi connectivity index (χ0) is 12.5. The van der Waals surface area contributed by atoms with Crippen molar-refractivity contribution in [3.63, 3.8) is 0 Å². The van der Waals surface area contributed by atoms with Crippen molar-refractivity contribution in [3.05, 3.63) is 34.7 Å². The van der Waals surface area contributed by atoms with Crippen molar-refractivity contribution < 1.29 is 9.47 Å². The van der Waals surface area contributed by atoms with Crippen LogP contribution in [-0.2, 0) is 0 Å². The maximum atomic E-state index is 5.57. The fraction of sp³-hybridized carbons (Fsp3) is 0.231. The Balaban J connectivity index is 2.06. The summed E-state index contributed by atoms with van der Waals surface area (Å²) in [4.78, 5) is 8.56. The van der Waals surface area contributed by atoms with Gasteiger partial charge in [0.25, 0.3) is 0 Å². The molecule has 0 saturated carbocycles. The maximum Gasteiger partial charge on any atom is 0.197 e. The molecule has 0 radical (unpaired) electrons. The van der Waals surface area contributed by atoms with E-state index in [1.54, 1.807) is 0 Å². The number of hydrogen-bond donors (Lipinski definition) is 0. The quantitative estimate of drug-likeness (QED) is 0.760. The summed E-state index contributed by atoms with van der Waals surface area (Å²) >= 11 is 3.31. The fourth-order valence-corrected chi connectivity index (χ4v) is 2.35. The van der Waals surface area contributed by atoms with E-state index in [9.17, 15) is 0 Å². The molecule has 1 aromatic heterocycles. The number of aryl methyl sites for hydroxylation is 1. The van der Waals surface area contributed by atoms with E-state index in [0.29, 0.717) is 17.9 Å². The van der Waals surface area contributed by atoms with Gasteiger partial charge in [-0.3, -0.25) is 0 Å². The number of nitrogens with zero attached hydrogens (tertiary/aromatic N) is 2. The van der Waals surface area contributed by atoms with Crippen molar-refractivity contribution in [1.82, 2.24) is 9.97 Å². The Hall–Kier alpha value is -1.62. The monoisotopic (exact) mass is 306 g/mol. The summed E-state index contributed by atoms with van der Waals surface area (Å²) in [5.74, 6) is 1.56. The number of benzene rings is 1. The van der Waals surface area contributed by atoms with Crippen molar-refractivity contribution >= 4 is 15.9 Å². The van der Waals surface area contributed by atoms with Crippen LogP contribution in [0.15, 0.2) is 29.0 Å². The van der Waals surface area contributed by atoms with E-state index in [0.717, 1.165) is 28.5 Å². The Morgan fingerprint density at radius 1 is 1.06 bits per heavy atom. The molecule has 2 aromatic rings. The molecule has 92 valence electrons. The van der Waals surface area contributed by atoms with Crippen molar-refractivity contribution in [2.24, 2.45) is 0 Å². The highest BCUT2D eigenvalue weighted by atomic mass is 79.9. The molecule has 3 rings (SSSR count). The Kier molecular flexibility index (Phi) is 2.91. The predicted octanol–water partition coefficient (Wildman–Crippen LogP) is 2.99. The summed E-state index contributed by atoms with van der Waals surface area (Å²) in [6.45, 7) is 3.13. The Morgan fingerprint density at radius 2 is 1.83 bits per heavy atom. The molecule has 1 aliphatic heterocycles. The van der Waals surface area contributed by atoms with Gasteiger partial charge in [-0.1, -0.05) is 0 Å². The molecular weight excluding hydrogens is 296 g/mol. The number of fused-ring (bicyclic) bond motifs is 1. The van der Waals surface area contributed by atoms with Gasteiger partial charge in [0.1, 0.15) is 13.2 Å². The van der Waals surface area contributed by atoms with Crippen LogP contribution in [0.4, 0.5) is 0 Å². The lowest BCUT2D eigenvalue weighted by molar-refractivity contribution is 0.171. The van der Waals surface area contributed by atoms with Crippen LogP contribution in [0.5, 0.6) is 11.5 Å². The minimum absolute atomic E-state index is 0.586. The Labute approximate surface area is 113 Å². The van der Waals surface area contributed by atoms with Gasteiger partial charge in [0.15, 0.2) is 16.2 Å². The molecule has 0 unspecified atom stereocenters. The van der Waals surface area contributed by atoms with Gasteiger partial charge in [-0.15, -0.1) is 0 Å². The zero-order valence-electron chi connectivity index (χ0n) is 9.81. The molecule has 1 aromatic carbocycles. The van der Waals surface area contributed by atoms with Crippen LogP contribution < -0.4 is 9.47 Å². The van der Waals surface area contributed by atoms with Crippen LogP contribution in [0.2, 0.25) is 0 Å². The molecule has 5 heteroatoms. The van der Waals surface area contributed by atoms with Crippen LogP contribution >= 0.6 is 15.9 Å². The Bertz CT molecular complexity index is 581. The van der Waals surface area contributed by atoms with Gasteiger partial charge in [-0.05, 0) is 47.1 Å². The van der Waals surface area contributed by atoms with Crippen LogP contribution in [0.1, 0.15) is 5.69 Å². The van der Waals surface area contributed by atoms with Crippen LogP contribution in [0, 0.1) is 6.92 Å². The standard InChI is InChI=1S/C13H11BrN2O2/c1-8-6-10(16-13(14)15-8)9-2-3-11-12(7-9)18-5-4-17-11/h2-3,6-7H,4-5H2,1H3. The van der Waals surface area contributed by atoms with Crippen LogP contribution in [-0.4, -0.2) is 23.2 Å². The van der Waals surface area contributed by atoms with Gasteiger partial charge < -0.3 is 9.47 Å². The number of aromatic nitrogens is 2. The number of rotatable bonds is 1. The molecule has 0 spiro atoms. The van der Waals surface area contributed by atoms with Gasteiger partial charge in [0.05, 0.1) is 5.69 Å². The molecule has 18 heavy (non-hydrogen) atoms. The van der Waals surface area contributed by atoms with Crippen molar-refractivity contribution in [2.75, 3.05) is 13.2 Å². The predicted molar refractivity (Wildman–Crippen MR) is 70.9 cm³/mol. The Morgan fingerprint density at radius 3 is 2.61 bits per heavy atom. The van der Waals surface area contributed by atoms with E-state index in [1.807, 2.05) is 31.2 Å². The third-order valence-corrected chi connectivity index (χ3v) is 3.02. The minimum atomic E-state index is 0.586. The highest BCUT2D eigenvalue weighted by Gasteiger charge is 2.13. The third-order valence-electron chi connectivity index (χ3n) is 2.66. The average Bonchev–Trinajstić information content (AvgIpc) is 2.37. The van der Waals surface area contributed by atoms with Crippen LogP contribution in [0.3, 0.4) is 0 Å². The fourth-order valence-electron chi connectivity index (χ4n) is 1.88. The minimum Gasteiger partial charge on any atom is -0.486 e. The van der Waals surface area contributed by atoms with Gasteiger partial charge in [-0.2, -0.15) is 0 Å². The van der Waals surface area contributed by atoms with E-state index in [2.05, 4.69) is 25.9 Å². The molecule has 0 atom stereocenters. The third kappa shape index (κ3) is 2.18. The largest absolute Gasteiger partial charge is 0.486 e. The van der Waals surface area contributed by atoms with E-state index >= 15 is 0 Å². The lowest BCUT2D eigenvalue weighted by atomic mass is 10.1. The van der Waals surface area contributed by atoms with Gasteiger partial charge in [0, 0.05) is 11.3 Å². The molecule has 0 aliphatic carbocycles. The molecule has 0 N–H and O–H groups in total. The smallest absolute Gasteiger partial charge is 0.197 e. The first-order valence-electron chi connectivity index (χ1n) is 5.63. The molecule has 0 bridgehead atoms. The van der Waals surface area contributed by atoms with E-state index < -0.39 is 0 Å². The SMILES string of the molecule is Cc1cc(-c2ccc3c(c2)OCCO3)nc(Br)n1. The molecule has 0 saturated heterocycles. The first-order chi connectivity index (χ1) is 8.72. The second kappa shape index (κ2) is 4.57. The molecule has 0 fully saturated rings. The summed E-state index contributed by atoms with van der Waals surface area (Å²) < 4.78 is 11.7. The van der Waals surface area contributed by atoms with Gasteiger partial charge in [-0.25, -0.2) is 9.97 Å². The van der Waals surface area contributed by atoms with E-state index in [4.69, 9.17) is 9.47 Å². The molecular formula is C13H11BrN2O2. The summed E-state index contributed by atoms with van der Waals surface area (Å²) in [5, 5.41) is 0. The lowest BCUT2D eigenvalue weighted by Crippen LogP contribution is -2.15. The second-order valence-corrected chi connectivity index (χ2v) is 4.73.